The second-order valence-corrected chi connectivity index (χ2v) is 4.27. The Kier molecular flexibility index (Phi) is 6.02. The summed E-state index contributed by atoms with van der Waals surface area (Å²) >= 11 is 0. The van der Waals surface area contributed by atoms with E-state index in [2.05, 4.69) is 10.6 Å². The van der Waals surface area contributed by atoms with Crippen molar-refractivity contribution in [3.8, 4) is 0 Å². The van der Waals surface area contributed by atoms with Crippen molar-refractivity contribution in [2.45, 2.75) is 20.3 Å². The van der Waals surface area contributed by atoms with Crippen LogP contribution in [-0.2, 0) is 9.53 Å². The van der Waals surface area contributed by atoms with Crippen LogP contribution in [-0.4, -0.2) is 32.1 Å². The highest BCUT2D eigenvalue weighted by atomic mass is 16.5. The highest BCUT2D eigenvalue weighted by molar-refractivity contribution is 6.01. The highest BCUT2D eigenvalue weighted by Crippen LogP contribution is 2.18. The van der Waals surface area contributed by atoms with Crippen LogP contribution in [0.3, 0.4) is 0 Å². The summed E-state index contributed by atoms with van der Waals surface area (Å²) in [6, 6.07) is 5.24. The van der Waals surface area contributed by atoms with Crippen molar-refractivity contribution in [2.24, 2.45) is 0 Å². The first-order valence-corrected chi connectivity index (χ1v) is 6.28. The zero-order valence-corrected chi connectivity index (χ0v) is 11.6. The van der Waals surface area contributed by atoms with Crippen molar-refractivity contribution < 1.29 is 14.3 Å². The standard InChI is InChI=1S/C14H20N2O3/c1-4-7-15-9-13(17)16-12-6-5-10(2)8-11(12)14(18)19-3/h5-6,8,15H,4,7,9H2,1-3H3,(H,16,17). The predicted octanol–water partition coefficient (Wildman–Crippen LogP) is 1.72. The normalized spacial score (nSPS) is 10.1. The number of rotatable bonds is 6. The molecule has 1 aromatic carbocycles. The minimum absolute atomic E-state index is 0.178. The van der Waals surface area contributed by atoms with E-state index >= 15 is 0 Å². The number of methoxy groups -OCH3 is 1. The van der Waals surface area contributed by atoms with E-state index in [1.165, 1.54) is 7.11 Å². The fraction of sp³-hybridized carbons (Fsp3) is 0.429. The molecule has 0 unspecified atom stereocenters. The smallest absolute Gasteiger partial charge is 0.339 e. The zero-order chi connectivity index (χ0) is 14.3. The maximum atomic E-state index is 11.7. The lowest BCUT2D eigenvalue weighted by atomic mass is 10.1. The van der Waals surface area contributed by atoms with Crippen LogP contribution < -0.4 is 10.6 Å². The summed E-state index contributed by atoms with van der Waals surface area (Å²) in [4.78, 5) is 23.3. The highest BCUT2D eigenvalue weighted by Gasteiger charge is 2.13. The number of nitrogens with one attached hydrogen (secondary N) is 2. The molecule has 1 aromatic rings. The molecule has 0 atom stereocenters. The fourth-order valence-electron chi connectivity index (χ4n) is 1.62. The van der Waals surface area contributed by atoms with Crippen LogP contribution in [0.2, 0.25) is 0 Å². The number of hydrogen-bond acceptors (Lipinski definition) is 4. The van der Waals surface area contributed by atoms with Gasteiger partial charge >= 0.3 is 5.97 Å². The molecule has 0 spiro atoms. The second kappa shape index (κ2) is 7.53. The van der Waals surface area contributed by atoms with Crippen LogP contribution in [0.25, 0.3) is 0 Å². The van der Waals surface area contributed by atoms with Gasteiger partial charge < -0.3 is 15.4 Å². The molecule has 104 valence electrons. The first kappa shape index (κ1) is 15.2. The van der Waals surface area contributed by atoms with E-state index in [9.17, 15) is 9.59 Å². The van der Waals surface area contributed by atoms with E-state index in [4.69, 9.17) is 4.74 Å². The van der Waals surface area contributed by atoms with Gasteiger partial charge in [0.2, 0.25) is 5.91 Å². The first-order chi connectivity index (χ1) is 9.08. The molecule has 2 N–H and O–H groups in total. The summed E-state index contributed by atoms with van der Waals surface area (Å²) in [7, 11) is 1.32. The molecule has 0 bridgehead atoms. The Morgan fingerprint density at radius 3 is 2.68 bits per heavy atom. The van der Waals surface area contributed by atoms with Gasteiger partial charge in [-0.3, -0.25) is 4.79 Å². The average Bonchev–Trinajstić information content (AvgIpc) is 2.40. The SMILES string of the molecule is CCCNCC(=O)Nc1ccc(C)cc1C(=O)OC. The van der Waals surface area contributed by atoms with Crippen molar-refractivity contribution >= 4 is 17.6 Å². The summed E-state index contributed by atoms with van der Waals surface area (Å²) in [5.74, 6) is -0.636. The maximum Gasteiger partial charge on any atom is 0.339 e. The van der Waals surface area contributed by atoms with E-state index in [1.807, 2.05) is 19.9 Å². The third kappa shape index (κ3) is 4.71. The van der Waals surface area contributed by atoms with Gasteiger partial charge in [-0.2, -0.15) is 0 Å². The molecule has 5 nitrogen and oxygen atoms in total. The second-order valence-electron chi connectivity index (χ2n) is 4.27. The number of anilines is 1. The summed E-state index contributed by atoms with van der Waals surface area (Å²) in [5, 5.41) is 5.71. The van der Waals surface area contributed by atoms with Crippen LogP contribution in [0, 0.1) is 6.92 Å². The molecule has 0 radical (unpaired) electrons. The van der Waals surface area contributed by atoms with Crippen LogP contribution in [0.15, 0.2) is 18.2 Å². The molecule has 0 heterocycles. The number of amides is 1. The van der Waals surface area contributed by atoms with Crippen molar-refractivity contribution in [3.63, 3.8) is 0 Å². The molecule has 0 saturated heterocycles. The Morgan fingerprint density at radius 1 is 1.32 bits per heavy atom. The van der Waals surface area contributed by atoms with E-state index < -0.39 is 5.97 Å². The predicted molar refractivity (Wildman–Crippen MR) is 74.3 cm³/mol. The Hall–Kier alpha value is -1.88. The fourth-order valence-corrected chi connectivity index (χ4v) is 1.62. The molecule has 0 aromatic heterocycles. The van der Waals surface area contributed by atoms with Gasteiger partial charge in [-0.05, 0) is 32.0 Å². The van der Waals surface area contributed by atoms with Gasteiger partial charge in [0.05, 0.1) is 24.9 Å². The van der Waals surface area contributed by atoms with Gasteiger partial charge in [0.25, 0.3) is 0 Å². The number of benzene rings is 1. The molecule has 0 fully saturated rings. The molecule has 0 aliphatic heterocycles. The van der Waals surface area contributed by atoms with Gasteiger partial charge in [-0.1, -0.05) is 18.6 Å². The summed E-state index contributed by atoms with van der Waals surface area (Å²) in [5.41, 5.74) is 1.77. The van der Waals surface area contributed by atoms with E-state index in [0.29, 0.717) is 11.3 Å². The molecular weight excluding hydrogens is 244 g/mol. The molecule has 1 amide bonds. The van der Waals surface area contributed by atoms with Crippen molar-refractivity contribution in [2.75, 3.05) is 25.5 Å². The van der Waals surface area contributed by atoms with Crippen molar-refractivity contribution in [3.05, 3.63) is 29.3 Å². The summed E-state index contributed by atoms with van der Waals surface area (Å²) < 4.78 is 4.71. The Labute approximate surface area is 113 Å². The molecular formula is C14H20N2O3. The van der Waals surface area contributed by atoms with Gasteiger partial charge in [-0.15, -0.1) is 0 Å². The number of esters is 1. The molecule has 5 heteroatoms. The van der Waals surface area contributed by atoms with Crippen molar-refractivity contribution in [1.29, 1.82) is 0 Å². The third-order valence-electron chi connectivity index (χ3n) is 2.57. The summed E-state index contributed by atoms with van der Waals surface area (Å²) in [6.45, 7) is 4.91. The van der Waals surface area contributed by atoms with Gasteiger partial charge in [0.15, 0.2) is 0 Å². The van der Waals surface area contributed by atoms with Crippen LogP contribution in [0.4, 0.5) is 5.69 Å². The maximum absolute atomic E-state index is 11.7. The monoisotopic (exact) mass is 264 g/mol. The largest absolute Gasteiger partial charge is 0.465 e. The van der Waals surface area contributed by atoms with Crippen molar-refractivity contribution in [1.82, 2.24) is 5.32 Å². The number of aryl methyl sites for hydroxylation is 1. The molecule has 1 rings (SSSR count). The third-order valence-corrected chi connectivity index (χ3v) is 2.57. The van der Waals surface area contributed by atoms with E-state index in [-0.39, 0.29) is 12.5 Å². The minimum atomic E-state index is -0.458. The quantitative estimate of drug-likeness (QED) is 0.606. The van der Waals surface area contributed by atoms with Gasteiger partial charge in [-0.25, -0.2) is 4.79 Å². The zero-order valence-electron chi connectivity index (χ0n) is 11.6. The lowest BCUT2D eigenvalue weighted by Crippen LogP contribution is -2.29. The number of carbonyl (C=O) groups is 2. The molecule has 0 aliphatic rings. The molecule has 19 heavy (non-hydrogen) atoms. The van der Waals surface area contributed by atoms with Gasteiger partial charge in [0, 0.05) is 0 Å². The first-order valence-electron chi connectivity index (χ1n) is 6.28. The number of carbonyl (C=O) groups excluding carboxylic acids is 2. The van der Waals surface area contributed by atoms with E-state index in [1.54, 1.807) is 12.1 Å². The van der Waals surface area contributed by atoms with Crippen LogP contribution in [0.1, 0.15) is 29.3 Å². The lowest BCUT2D eigenvalue weighted by molar-refractivity contribution is -0.115. The number of hydrogen-bond donors (Lipinski definition) is 2. The Bertz CT molecular complexity index is 458. The Balaban J connectivity index is 2.77. The average molecular weight is 264 g/mol. The van der Waals surface area contributed by atoms with Crippen LogP contribution >= 0.6 is 0 Å². The van der Waals surface area contributed by atoms with E-state index in [0.717, 1.165) is 18.5 Å². The molecule has 0 aliphatic carbocycles. The lowest BCUT2D eigenvalue weighted by Gasteiger charge is -2.11. The summed E-state index contributed by atoms with van der Waals surface area (Å²) in [6.07, 6.45) is 0.964. The minimum Gasteiger partial charge on any atom is -0.465 e. The Morgan fingerprint density at radius 2 is 2.05 bits per heavy atom. The van der Waals surface area contributed by atoms with Gasteiger partial charge in [0.1, 0.15) is 0 Å². The topological polar surface area (TPSA) is 67.4 Å². The van der Waals surface area contributed by atoms with Crippen LogP contribution in [0.5, 0.6) is 0 Å². The molecule has 0 saturated carbocycles. The number of ether oxygens (including phenoxy) is 1.